The van der Waals surface area contributed by atoms with Gasteiger partial charge in [0.15, 0.2) is 0 Å². The van der Waals surface area contributed by atoms with Crippen LogP contribution in [0, 0.1) is 5.92 Å². The Morgan fingerprint density at radius 3 is 2.71 bits per heavy atom. The van der Waals surface area contributed by atoms with Crippen LogP contribution >= 0.6 is 0 Å². The van der Waals surface area contributed by atoms with Crippen LogP contribution in [-0.2, 0) is 6.54 Å². The minimum absolute atomic E-state index is 0.574. The molecule has 1 atom stereocenters. The van der Waals surface area contributed by atoms with Crippen LogP contribution in [0.15, 0.2) is 18.6 Å². The van der Waals surface area contributed by atoms with Crippen LogP contribution in [0.4, 0.5) is 0 Å². The lowest BCUT2D eigenvalue weighted by molar-refractivity contribution is 0.385. The van der Waals surface area contributed by atoms with Crippen LogP contribution in [-0.4, -0.2) is 16.0 Å². The molecule has 0 saturated heterocycles. The van der Waals surface area contributed by atoms with Crippen LogP contribution in [0.3, 0.4) is 0 Å². The second kappa shape index (κ2) is 5.70. The van der Waals surface area contributed by atoms with Gasteiger partial charge in [-0.05, 0) is 18.4 Å². The molecule has 78 valence electrons. The molecule has 1 N–H and O–H groups in total. The van der Waals surface area contributed by atoms with Crippen LogP contribution in [0.5, 0.6) is 0 Å². The highest BCUT2D eigenvalue weighted by Crippen LogP contribution is 2.05. The zero-order chi connectivity index (χ0) is 10.4. The summed E-state index contributed by atoms with van der Waals surface area (Å²) >= 11 is 0. The largest absolute Gasteiger partial charge is 0.308 e. The molecule has 0 amide bonds. The van der Waals surface area contributed by atoms with E-state index >= 15 is 0 Å². The summed E-state index contributed by atoms with van der Waals surface area (Å²) in [5, 5.41) is 3.49. The molecule has 1 aromatic heterocycles. The Morgan fingerprint density at radius 1 is 1.43 bits per heavy atom. The van der Waals surface area contributed by atoms with Gasteiger partial charge in [-0.1, -0.05) is 20.8 Å². The van der Waals surface area contributed by atoms with Gasteiger partial charge in [0.05, 0.1) is 5.69 Å². The first kappa shape index (κ1) is 11.1. The highest BCUT2D eigenvalue weighted by Gasteiger charge is 2.09. The topological polar surface area (TPSA) is 37.8 Å². The fourth-order valence-corrected chi connectivity index (χ4v) is 1.51. The highest BCUT2D eigenvalue weighted by atomic mass is 14.9. The average Bonchev–Trinajstić information content (AvgIpc) is 2.20. The number of nitrogens with one attached hydrogen (secondary N) is 1. The van der Waals surface area contributed by atoms with E-state index in [9.17, 15) is 0 Å². The standard InChI is InChI=1S/C11H19N3/c1-4-11(9(2)3)13-7-10-5-6-12-8-14-10/h5-6,8-9,11,13H,4,7H2,1-3H3. The van der Waals surface area contributed by atoms with E-state index < -0.39 is 0 Å². The van der Waals surface area contributed by atoms with Crippen molar-refractivity contribution in [3.05, 3.63) is 24.3 Å². The smallest absolute Gasteiger partial charge is 0.115 e. The second-order valence-electron chi connectivity index (χ2n) is 3.84. The van der Waals surface area contributed by atoms with Gasteiger partial charge in [-0.2, -0.15) is 0 Å². The van der Waals surface area contributed by atoms with Crippen LogP contribution in [0.25, 0.3) is 0 Å². The van der Waals surface area contributed by atoms with Crippen molar-refractivity contribution in [2.45, 2.75) is 39.8 Å². The van der Waals surface area contributed by atoms with Gasteiger partial charge in [-0.25, -0.2) is 9.97 Å². The minimum Gasteiger partial charge on any atom is -0.308 e. The van der Waals surface area contributed by atoms with E-state index in [1.165, 1.54) is 0 Å². The fourth-order valence-electron chi connectivity index (χ4n) is 1.51. The van der Waals surface area contributed by atoms with Crippen molar-refractivity contribution in [2.24, 2.45) is 5.92 Å². The van der Waals surface area contributed by atoms with Crippen molar-refractivity contribution < 1.29 is 0 Å². The predicted octanol–water partition coefficient (Wildman–Crippen LogP) is 2.00. The Bertz CT molecular complexity index is 246. The van der Waals surface area contributed by atoms with Gasteiger partial charge in [0.25, 0.3) is 0 Å². The minimum atomic E-state index is 0.574. The van der Waals surface area contributed by atoms with Crippen LogP contribution < -0.4 is 5.32 Å². The van der Waals surface area contributed by atoms with Crippen molar-refractivity contribution in [3.63, 3.8) is 0 Å². The lowest BCUT2D eigenvalue weighted by Gasteiger charge is -2.20. The fraction of sp³-hybridized carbons (Fsp3) is 0.636. The van der Waals surface area contributed by atoms with Gasteiger partial charge in [-0.3, -0.25) is 0 Å². The third-order valence-corrected chi connectivity index (χ3v) is 2.43. The quantitative estimate of drug-likeness (QED) is 0.777. The molecule has 0 fully saturated rings. The maximum atomic E-state index is 4.17. The summed E-state index contributed by atoms with van der Waals surface area (Å²) in [6, 6.07) is 2.52. The summed E-state index contributed by atoms with van der Waals surface area (Å²) in [6.45, 7) is 7.51. The summed E-state index contributed by atoms with van der Waals surface area (Å²) in [5.41, 5.74) is 1.05. The molecule has 0 aromatic carbocycles. The molecule has 1 heterocycles. The first-order valence-corrected chi connectivity index (χ1v) is 5.22. The first-order chi connectivity index (χ1) is 6.74. The Morgan fingerprint density at radius 2 is 2.21 bits per heavy atom. The number of aromatic nitrogens is 2. The molecule has 1 unspecified atom stereocenters. The number of rotatable bonds is 5. The summed E-state index contributed by atoms with van der Waals surface area (Å²) in [5.74, 6) is 0.668. The molecule has 1 rings (SSSR count). The van der Waals surface area contributed by atoms with E-state index in [2.05, 4.69) is 36.1 Å². The molecule has 0 saturated carbocycles. The normalized spacial score (nSPS) is 13.1. The summed E-state index contributed by atoms with van der Waals surface area (Å²) < 4.78 is 0. The van der Waals surface area contributed by atoms with Crippen molar-refractivity contribution >= 4 is 0 Å². The average molecular weight is 193 g/mol. The van der Waals surface area contributed by atoms with E-state index in [0.717, 1.165) is 18.7 Å². The molecule has 0 bridgehead atoms. The molecule has 0 aliphatic heterocycles. The Hall–Kier alpha value is -0.960. The monoisotopic (exact) mass is 193 g/mol. The number of hydrogen-bond donors (Lipinski definition) is 1. The molecule has 0 radical (unpaired) electrons. The molecular weight excluding hydrogens is 174 g/mol. The molecule has 0 aliphatic carbocycles. The summed E-state index contributed by atoms with van der Waals surface area (Å²) in [4.78, 5) is 8.06. The second-order valence-corrected chi connectivity index (χ2v) is 3.84. The predicted molar refractivity (Wildman–Crippen MR) is 57.8 cm³/mol. The van der Waals surface area contributed by atoms with E-state index in [4.69, 9.17) is 0 Å². The number of nitrogens with zero attached hydrogens (tertiary/aromatic N) is 2. The third-order valence-electron chi connectivity index (χ3n) is 2.43. The number of hydrogen-bond acceptors (Lipinski definition) is 3. The van der Waals surface area contributed by atoms with Gasteiger partial charge in [-0.15, -0.1) is 0 Å². The highest BCUT2D eigenvalue weighted by molar-refractivity contribution is 4.97. The summed E-state index contributed by atoms with van der Waals surface area (Å²) in [6.07, 6.45) is 4.52. The van der Waals surface area contributed by atoms with Gasteiger partial charge in [0.1, 0.15) is 6.33 Å². The molecular formula is C11H19N3. The Kier molecular flexibility index (Phi) is 4.53. The lowest BCUT2D eigenvalue weighted by Crippen LogP contribution is -2.32. The van der Waals surface area contributed by atoms with Crippen molar-refractivity contribution in [3.8, 4) is 0 Å². The van der Waals surface area contributed by atoms with Crippen molar-refractivity contribution in [1.29, 1.82) is 0 Å². The first-order valence-electron chi connectivity index (χ1n) is 5.22. The zero-order valence-electron chi connectivity index (χ0n) is 9.20. The van der Waals surface area contributed by atoms with E-state index in [1.807, 2.05) is 6.07 Å². The SMILES string of the molecule is CCC(NCc1ccncn1)C(C)C. The Labute approximate surface area is 86.0 Å². The van der Waals surface area contributed by atoms with Gasteiger partial charge < -0.3 is 5.32 Å². The van der Waals surface area contributed by atoms with Crippen molar-refractivity contribution in [2.75, 3.05) is 0 Å². The van der Waals surface area contributed by atoms with Crippen molar-refractivity contribution in [1.82, 2.24) is 15.3 Å². The van der Waals surface area contributed by atoms with Gasteiger partial charge in [0, 0.05) is 18.8 Å². The van der Waals surface area contributed by atoms with Crippen LogP contribution in [0.1, 0.15) is 32.9 Å². The van der Waals surface area contributed by atoms with Gasteiger partial charge >= 0.3 is 0 Å². The van der Waals surface area contributed by atoms with E-state index in [0.29, 0.717) is 12.0 Å². The van der Waals surface area contributed by atoms with Gasteiger partial charge in [0.2, 0.25) is 0 Å². The maximum absolute atomic E-state index is 4.17. The lowest BCUT2D eigenvalue weighted by atomic mass is 10.0. The summed E-state index contributed by atoms with van der Waals surface area (Å²) in [7, 11) is 0. The van der Waals surface area contributed by atoms with E-state index in [1.54, 1.807) is 12.5 Å². The molecule has 0 spiro atoms. The molecule has 0 aliphatic rings. The van der Waals surface area contributed by atoms with Crippen LogP contribution in [0.2, 0.25) is 0 Å². The maximum Gasteiger partial charge on any atom is 0.115 e. The van der Waals surface area contributed by atoms with E-state index in [-0.39, 0.29) is 0 Å². The molecule has 3 heteroatoms. The molecule has 14 heavy (non-hydrogen) atoms. The molecule has 3 nitrogen and oxygen atoms in total. The zero-order valence-corrected chi connectivity index (χ0v) is 9.20. The Balaban J connectivity index is 2.40. The third kappa shape index (κ3) is 3.42. The molecule has 1 aromatic rings.